The molecule has 234 valence electrons. The van der Waals surface area contributed by atoms with Gasteiger partial charge < -0.3 is 37.7 Å². The van der Waals surface area contributed by atoms with Gasteiger partial charge in [0.1, 0.15) is 25.0 Å². The number of unbranched alkanes of at least 4 members (excludes halogenated alkanes) is 1. The Kier molecular flexibility index (Phi) is 13.5. The van der Waals surface area contributed by atoms with Crippen molar-refractivity contribution in [3.05, 3.63) is 102 Å². The lowest BCUT2D eigenvalue weighted by Crippen LogP contribution is -3.00. The second-order valence-corrected chi connectivity index (χ2v) is 10.7. The molecule has 44 heavy (non-hydrogen) atoms. The van der Waals surface area contributed by atoms with Crippen LogP contribution >= 0.6 is 0 Å². The topological polar surface area (TPSA) is 119 Å². The van der Waals surface area contributed by atoms with Gasteiger partial charge in [-0.3, -0.25) is 9.59 Å². The van der Waals surface area contributed by atoms with Gasteiger partial charge in [0.05, 0.1) is 20.1 Å². The summed E-state index contributed by atoms with van der Waals surface area (Å²) in [4.78, 5) is 39.2. The number of quaternary nitrogens is 1. The van der Waals surface area contributed by atoms with Crippen molar-refractivity contribution in [2.75, 3.05) is 26.9 Å². The monoisotopic (exact) mass is 620 g/mol. The fourth-order valence-electron chi connectivity index (χ4n) is 5.51. The van der Waals surface area contributed by atoms with Gasteiger partial charge >= 0.3 is 11.9 Å². The Balaban J connectivity index is 0.00000529. The zero-order valence-electron chi connectivity index (χ0n) is 25.1. The first-order valence-electron chi connectivity index (χ1n) is 14.8. The molecule has 0 aromatic heterocycles. The van der Waals surface area contributed by atoms with E-state index in [1.165, 1.54) is 7.11 Å². The molecular weight excluding hydrogens is 580 g/mol. The number of hydrogen-bond donors (Lipinski definition) is 2. The fourth-order valence-corrected chi connectivity index (χ4v) is 5.51. The summed E-state index contributed by atoms with van der Waals surface area (Å²) in [5, 5.41) is 2.84. The van der Waals surface area contributed by atoms with Gasteiger partial charge in [-0.2, -0.15) is 0 Å². The van der Waals surface area contributed by atoms with Crippen molar-refractivity contribution in [3.8, 4) is 16.9 Å². The average molecular weight is 621 g/mol. The van der Waals surface area contributed by atoms with Crippen LogP contribution in [0.2, 0.25) is 0 Å². The summed E-state index contributed by atoms with van der Waals surface area (Å²) in [6, 6.07) is 22.7. The summed E-state index contributed by atoms with van der Waals surface area (Å²) in [7, 11) is 1.29. The minimum absolute atomic E-state index is 0. The van der Waals surface area contributed by atoms with Crippen molar-refractivity contribution >= 4 is 17.8 Å². The summed E-state index contributed by atoms with van der Waals surface area (Å²) >= 11 is 0. The first-order chi connectivity index (χ1) is 20.9. The zero-order valence-corrected chi connectivity index (χ0v) is 25.9. The van der Waals surface area contributed by atoms with Gasteiger partial charge in [0, 0.05) is 18.3 Å². The maximum Gasteiger partial charge on any atom is 0.328 e. The quantitative estimate of drug-likeness (QED) is 0.141. The van der Waals surface area contributed by atoms with Crippen molar-refractivity contribution in [2.45, 2.75) is 44.1 Å². The number of fused-ring (bicyclic) bond motifs is 3. The number of halogens is 1. The predicted octanol–water partition coefficient (Wildman–Crippen LogP) is 1.23. The molecule has 0 fully saturated rings. The molecule has 0 heterocycles. The SMILES string of the molecule is C=CCOc1ccc(C[C@H](NC(=O)[C@@H](CCCC[NH3+])CC(=O)OCC2c3ccccc3-c3ccccc32)C(=O)OC)cc1.[Cl-]. The molecule has 0 radical (unpaired) electrons. The maximum atomic E-state index is 13.5. The van der Waals surface area contributed by atoms with Gasteiger partial charge in [-0.25, -0.2) is 4.79 Å². The number of benzene rings is 3. The molecular formula is C35H41ClN2O6. The highest BCUT2D eigenvalue weighted by atomic mass is 35.5. The number of rotatable bonds is 16. The second-order valence-electron chi connectivity index (χ2n) is 10.7. The third kappa shape index (κ3) is 8.94. The Morgan fingerprint density at radius 1 is 0.955 bits per heavy atom. The van der Waals surface area contributed by atoms with Crippen molar-refractivity contribution < 1.29 is 46.7 Å². The van der Waals surface area contributed by atoms with Crippen molar-refractivity contribution in [1.29, 1.82) is 0 Å². The van der Waals surface area contributed by atoms with E-state index in [9.17, 15) is 14.4 Å². The Labute approximate surface area is 265 Å². The predicted molar refractivity (Wildman–Crippen MR) is 164 cm³/mol. The molecule has 8 nitrogen and oxygen atoms in total. The van der Waals surface area contributed by atoms with Gasteiger partial charge in [-0.1, -0.05) is 73.3 Å². The molecule has 0 spiro atoms. The molecule has 1 amide bonds. The van der Waals surface area contributed by atoms with E-state index in [4.69, 9.17) is 14.2 Å². The molecule has 0 saturated carbocycles. The minimum atomic E-state index is -0.907. The Bertz CT molecular complexity index is 1360. The molecule has 0 saturated heterocycles. The Morgan fingerprint density at radius 3 is 2.18 bits per heavy atom. The molecule has 2 atom stereocenters. The maximum absolute atomic E-state index is 13.5. The Hall–Kier alpha value is -4.14. The second kappa shape index (κ2) is 17.2. The molecule has 9 heteroatoms. The van der Waals surface area contributed by atoms with Crippen LogP contribution in [0.15, 0.2) is 85.5 Å². The smallest absolute Gasteiger partial charge is 0.328 e. The van der Waals surface area contributed by atoms with Crippen molar-refractivity contribution in [3.63, 3.8) is 0 Å². The first kappa shape index (κ1) is 34.4. The van der Waals surface area contributed by atoms with Crippen LogP contribution in [0.25, 0.3) is 11.1 Å². The number of carbonyl (C=O) groups is 3. The highest BCUT2D eigenvalue weighted by Gasteiger charge is 2.31. The van der Waals surface area contributed by atoms with Crippen LogP contribution in [-0.4, -0.2) is 50.8 Å². The van der Waals surface area contributed by atoms with E-state index in [-0.39, 0.29) is 43.7 Å². The number of methoxy groups -OCH3 is 1. The summed E-state index contributed by atoms with van der Waals surface area (Å²) in [5.41, 5.74) is 9.26. The summed E-state index contributed by atoms with van der Waals surface area (Å²) < 4.78 is 16.3. The molecule has 0 unspecified atom stereocenters. The third-order valence-electron chi connectivity index (χ3n) is 7.74. The molecule has 3 aromatic carbocycles. The molecule has 1 aliphatic carbocycles. The van der Waals surface area contributed by atoms with Crippen LogP contribution in [0.3, 0.4) is 0 Å². The molecule has 4 N–H and O–H groups in total. The van der Waals surface area contributed by atoms with Gasteiger partial charge in [0.25, 0.3) is 0 Å². The van der Waals surface area contributed by atoms with Crippen LogP contribution in [0.1, 0.15) is 48.3 Å². The van der Waals surface area contributed by atoms with E-state index in [1.807, 2.05) is 36.4 Å². The molecule has 0 bridgehead atoms. The molecule has 0 aliphatic heterocycles. The van der Waals surface area contributed by atoms with E-state index in [1.54, 1.807) is 18.2 Å². The average Bonchev–Trinajstić information content (AvgIpc) is 3.35. The standard InChI is InChI=1S/C35H40N2O6.ClH/c1-3-20-42-26-17-15-24(16-18-26)21-32(35(40)41-2)37-34(39)25(10-8-9-19-36)22-33(38)43-23-31-29-13-6-4-11-27(29)28-12-5-7-14-30(28)31;/h3-7,11-18,25,31-32H,1,8-10,19-23,36H2,2H3,(H,37,39);1H/t25-,32-;/m0./s1. The van der Waals surface area contributed by atoms with E-state index < -0.39 is 23.9 Å². The first-order valence-corrected chi connectivity index (χ1v) is 14.8. The van der Waals surface area contributed by atoms with Gasteiger partial charge in [-0.05, 0) is 59.2 Å². The minimum Gasteiger partial charge on any atom is -1.00 e. The van der Waals surface area contributed by atoms with E-state index >= 15 is 0 Å². The normalized spacial score (nSPS) is 13.0. The summed E-state index contributed by atoms with van der Waals surface area (Å²) in [5.74, 6) is -1.41. The zero-order chi connectivity index (χ0) is 30.6. The Morgan fingerprint density at radius 2 is 1.59 bits per heavy atom. The van der Waals surface area contributed by atoms with E-state index in [0.717, 1.165) is 47.2 Å². The molecule has 4 rings (SSSR count). The third-order valence-corrected chi connectivity index (χ3v) is 7.74. The number of amides is 1. The van der Waals surface area contributed by atoms with E-state index in [2.05, 4.69) is 41.9 Å². The van der Waals surface area contributed by atoms with Crippen LogP contribution in [0.5, 0.6) is 5.75 Å². The van der Waals surface area contributed by atoms with E-state index in [0.29, 0.717) is 18.8 Å². The molecule has 3 aromatic rings. The van der Waals surface area contributed by atoms with Gasteiger partial charge in [0.2, 0.25) is 5.91 Å². The molecule has 1 aliphatic rings. The lowest BCUT2D eigenvalue weighted by molar-refractivity contribution is -0.368. The van der Waals surface area contributed by atoms with Crippen LogP contribution < -0.4 is 28.2 Å². The largest absolute Gasteiger partial charge is 1.00 e. The number of ether oxygens (including phenoxy) is 3. The number of nitrogens with one attached hydrogen (secondary N) is 1. The van der Waals surface area contributed by atoms with Gasteiger partial charge in [-0.15, -0.1) is 0 Å². The highest BCUT2D eigenvalue weighted by molar-refractivity contribution is 5.88. The lowest BCUT2D eigenvalue weighted by atomic mass is 9.95. The fraction of sp³-hybridized carbons (Fsp3) is 0.343. The van der Waals surface area contributed by atoms with Crippen LogP contribution in [0, 0.1) is 5.92 Å². The lowest BCUT2D eigenvalue weighted by Gasteiger charge is -2.22. The van der Waals surface area contributed by atoms with Crippen molar-refractivity contribution in [1.82, 2.24) is 5.32 Å². The van der Waals surface area contributed by atoms with Crippen LogP contribution in [-0.2, 0) is 30.3 Å². The number of esters is 2. The summed E-state index contributed by atoms with van der Waals surface area (Å²) in [6.07, 6.45) is 3.85. The number of hydrogen-bond acceptors (Lipinski definition) is 6. The van der Waals surface area contributed by atoms with Gasteiger partial charge in [0.15, 0.2) is 0 Å². The van der Waals surface area contributed by atoms with Crippen molar-refractivity contribution in [2.24, 2.45) is 5.92 Å². The number of carbonyl (C=O) groups excluding carboxylic acids is 3. The van der Waals surface area contributed by atoms with Crippen LogP contribution in [0.4, 0.5) is 0 Å². The highest BCUT2D eigenvalue weighted by Crippen LogP contribution is 2.44. The summed E-state index contributed by atoms with van der Waals surface area (Å²) in [6.45, 7) is 4.95.